The molecule has 7 heteroatoms. The van der Waals surface area contributed by atoms with Crippen molar-refractivity contribution in [1.82, 2.24) is 20.1 Å². The molecule has 1 fully saturated rings. The van der Waals surface area contributed by atoms with Crippen LogP contribution in [0.3, 0.4) is 0 Å². The first-order chi connectivity index (χ1) is 13.6. The van der Waals surface area contributed by atoms with E-state index in [4.69, 9.17) is 4.74 Å². The van der Waals surface area contributed by atoms with Gasteiger partial charge in [-0.1, -0.05) is 48.5 Å². The van der Waals surface area contributed by atoms with Gasteiger partial charge in [-0.05, 0) is 31.9 Å². The summed E-state index contributed by atoms with van der Waals surface area (Å²) in [4.78, 5) is 29.0. The lowest BCUT2D eigenvalue weighted by molar-refractivity contribution is -0.129. The lowest BCUT2D eigenvalue weighted by Gasteiger charge is -2.11. The molecule has 0 aliphatic heterocycles. The highest BCUT2D eigenvalue weighted by atomic mass is 16.5. The van der Waals surface area contributed by atoms with E-state index in [2.05, 4.69) is 15.4 Å². The summed E-state index contributed by atoms with van der Waals surface area (Å²) in [5.41, 5.74) is 1.59. The van der Waals surface area contributed by atoms with Gasteiger partial charge in [-0.25, -0.2) is 14.5 Å². The molecule has 1 N–H and O–H groups in total. The quantitative estimate of drug-likeness (QED) is 0.669. The van der Waals surface area contributed by atoms with E-state index in [0.29, 0.717) is 5.82 Å². The van der Waals surface area contributed by atoms with Crippen LogP contribution < -0.4 is 5.32 Å². The standard InChI is InChI=1S/C21H20N4O3/c1-14(20(26)22-16-12-13-16)28-21(27)18-23-19(15-8-4-2-5-9-15)25(24-18)17-10-6-3-7-11-17/h2-11,14,16H,12-13H2,1H3,(H,22,26). The van der Waals surface area contributed by atoms with Gasteiger partial charge in [0.25, 0.3) is 11.7 Å². The molecule has 142 valence electrons. The Hall–Kier alpha value is -3.48. The molecule has 28 heavy (non-hydrogen) atoms. The fourth-order valence-electron chi connectivity index (χ4n) is 2.73. The highest BCUT2D eigenvalue weighted by molar-refractivity contribution is 5.89. The molecule has 3 aromatic rings. The van der Waals surface area contributed by atoms with Crippen molar-refractivity contribution in [2.24, 2.45) is 0 Å². The number of ether oxygens (including phenoxy) is 1. The van der Waals surface area contributed by atoms with Crippen molar-refractivity contribution in [3.8, 4) is 17.1 Å². The van der Waals surface area contributed by atoms with Crippen molar-refractivity contribution in [3.63, 3.8) is 0 Å². The SMILES string of the molecule is CC(OC(=O)c1nc(-c2ccccc2)n(-c2ccccc2)n1)C(=O)NC1CC1. The van der Waals surface area contributed by atoms with Crippen molar-refractivity contribution in [3.05, 3.63) is 66.5 Å². The average Bonchev–Trinajstić information content (AvgIpc) is 3.42. The number of nitrogens with one attached hydrogen (secondary N) is 1. The lowest BCUT2D eigenvalue weighted by atomic mass is 10.2. The smallest absolute Gasteiger partial charge is 0.379 e. The molecule has 1 heterocycles. The maximum Gasteiger partial charge on any atom is 0.379 e. The largest absolute Gasteiger partial charge is 0.447 e. The van der Waals surface area contributed by atoms with Crippen LogP contribution in [-0.4, -0.2) is 38.8 Å². The fraction of sp³-hybridized carbons (Fsp3) is 0.238. The van der Waals surface area contributed by atoms with Crippen molar-refractivity contribution in [2.75, 3.05) is 0 Å². The number of nitrogens with zero attached hydrogens (tertiary/aromatic N) is 3. The second-order valence-corrected chi connectivity index (χ2v) is 6.70. The molecule has 0 radical (unpaired) electrons. The molecule has 1 aliphatic rings. The Kier molecular flexibility index (Phi) is 4.89. The fourth-order valence-corrected chi connectivity index (χ4v) is 2.73. The van der Waals surface area contributed by atoms with Gasteiger partial charge in [0.2, 0.25) is 0 Å². The van der Waals surface area contributed by atoms with Crippen LogP contribution >= 0.6 is 0 Å². The monoisotopic (exact) mass is 376 g/mol. The zero-order chi connectivity index (χ0) is 19.5. The van der Waals surface area contributed by atoms with Gasteiger partial charge in [0, 0.05) is 11.6 Å². The van der Waals surface area contributed by atoms with Crippen LogP contribution in [0.15, 0.2) is 60.7 Å². The highest BCUT2D eigenvalue weighted by Gasteiger charge is 2.28. The Morgan fingerprint density at radius 3 is 2.36 bits per heavy atom. The highest BCUT2D eigenvalue weighted by Crippen LogP contribution is 2.22. The minimum atomic E-state index is -0.906. The summed E-state index contributed by atoms with van der Waals surface area (Å²) in [7, 11) is 0. The number of carbonyl (C=O) groups is 2. The number of para-hydroxylation sites is 1. The third-order valence-corrected chi connectivity index (χ3v) is 4.40. The Balaban J connectivity index is 1.61. The molecule has 1 aromatic heterocycles. The topological polar surface area (TPSA) is 86.1 Å². The number of rotatable bonds is 6. The van der Waals surface area contributed by atoms with Gasteiger partial charge >= 0.3 is 5.97 Å². The van der Waals surface area contributed by atoms with E-state index >= 15 is 0 Å². The van der Waals surface area contributed by atoms with Gasteiger partial charge in [-0.15, -0.1) is 5.10 Å². The van der Waals surface area contributed by atoms with Crippen LogP contribution in [0.5, 0.6) is 0 Å². The summed E-state index contributed by atoms with van der Waals surface area (Å²) in [6.07, 6.45) is 1.03. The third kappa shape index (κ3) is 3.93. The van der Waals surface area contributed by atoms with Crippen LogP contribution in [-0.2, 0) is 9.53 Å². The predicted molar refractivity (Wildman–Crippen MR) is 103 cm³/mol. The van der Waals surface area contributed by atoms with Crippen LogP contribution in [0.4, 0.5) is 0 Å². The minimum Gasteiger partial charge on any atom is -0.447 e. The Bertz CT molecular complexity index is 924. The van der Waals surface area contributed by atoms with Gasteiger partial charge in [0.15, 0.2) is 11.9 Å². The molecule has 1 atom stereocenters. The van der Waals surface area contributed by atoms with E-state index in [1.54, 1.807) is 11.6 Å². The molecule has 1 aliphatic carbocycles. The number of carbonyl (C=O) groups excluding carboxylic acids is 2. The molecule has 4 rings (SSSR count). The zero-order valence-corrected chi connectivity index (χ0v) is 15.4. The molecule has 7 nitrogen and oxygen atoms in total. The minimum absolute atomic E-state index is 0.0891. The summed E-state index contributed by atoms with van der Waals surface area (Å²) in [6, 6.07) is 19.1. The molecule has 1 amide bonds. The predicted octanol–water partition coefficient (Wildman–Crippen LogP) is 2.76. The maximum atomic E-state index is 12.5. The first-order valence-electron chi connectivity index (χ1n) is 9.21. The number of hydrogen-bond donors (Lipinski definition) is 1. The average molecular weight is 376 g/mol. The number of amides is 1. The molecule has 2 aromatic carbocycles. The van der Waals surface area contributed by atoms with Crippen LogP contribution in [0.2, 0.25) is 0 Å². The summed E-state index contributed by atoms with van der Waals surface area (Å²) >= 11 is 0. The van der Waals surface area contributed by atoms with E-state index in [1.165, 1.54) is 0 Å². The van der Waals surface area contributed by atoms with Crippen LogP contribution in [0, 0.1) is 0 Å². The van der Waals surface area contributed by atoms with Crippen LogP contribution in [0.1, 0.15) is 30.4 Å². The van der Waals surface area contributed by atoms with Crippen LogP contribution in [0.25, 0.3) is 17.1 Å². The molecule has 0 spiro atoms. The Morgan fingerprint density at radius 1 is 1.07 bits per heavy atom. The second kappa shape index (κ2) is 7.64. The Labute approximate surface area is 162 Å². The van der Waals surface area contributed by atoms with Crippen molar-refractivity contribution >= 4 is 11.9 Å². The normalized spacial score (nSPS) is 14.3. The molecule has 0 saturated heterocycles. The van der Waals surface area contributed by atoms with E-state index in [0.717, 1.165) is 24.1 Å². The first-order valence-corrected chi connectivity index (χ1v) is 9.21. The number of benzene rings is 2. The molecule has 0 bridgehead atoms. The third-order valence-electron chi connectivity index (χ3n) is 4.40. The lowest BCUT2D eigenvalue weighted by Crippen LogP contribution is -2.37. The summed E-state index contributed by atoms with van der Waals surface area (Å²) in [6.45, 7) is 1.54. The van der Waals surface area contributed by atoms with E-state index in [1.807, 2.05) is 60.7 Å². The number of esters is 1. The van der Waals surface area contributed by atoms with Gasteiger partial charge in [0.05, 0.1) is 5.69 Å². The van der Waals surface area contributed by atoms with Crippen molar-refractivity contribution < 1.29 is 14.3 Å². The number of aromatic nitrogens is 3. The van der Waals surface area contributed by atoms with Gasteiger partial charge in [0.1, 0.15) is 0 Å². The first kappa shape index (κ1) is 17.9. The van der Waals surface area contributed by atoms with Gasteiger partial charge in [-0.2, -0.15) is 0 Å². The number of hydrogen-bond acceptors (Lipinski definition) is 5. The Morgan fingerprint density at radius 2 is 1.71 bits per heavy atom. The molecular weight excluding hydrogens is 356 g/mol. The van der Waals surface area contributed by atoms with E-state index in [9.17, 15) is 9.59 Å². The summed E-state index contributed by atoms with van der Waals surface area (Å²) in [5, 5.41) is 7.16. The molecular formula is C21H20N4O3. The van der Waals surface area contributed by atoms with Crippen molar-refractivity contribution in [2.45, 2.75) is 31.9 Å². The second-order valence-electron chi connectivity index (χ2n) is 6.70. The molecule has 1 unspecified atom stereocenters. The van der Waals surface area contributed by atoms with Gasteiger partial charge in [-0.3, -0.25) is 4.79 Å². The maximum absolute atomic E-state index is 12.5. The summed E-state index contributed by atoms with van der Waals surface area (Å²) < 4.78 is 6.88. The van der Waals surface area contributed by atoms with Gasteiger partial charge < -0.3 is 10.1 Å². The van der Waals surface area contributed by atoms with Crippen molar-refractivity contribution in [1.29, 1.82) is 0 Å². The zero-order valence-electron chi connectivity index (χ0n) is 15.4. The molecule has 1 saturated carbocycles. The van der Waals surface area contributed by atoms with E-state index < -0.39 is 12.1 Å². The summed E-state index contributed by atoms with van der Waals surface area (Å²) in [5.74, 6) is -0.602. The van der Waals surface area contributed by atoms with E-state index in [-0.39, 0.29) is 17.8 Å².